The van der Waals surface area contributed by atoms with Gasteiger partial charge in [0.15, 0.2) is 0 Å². The van der Waals surface area contributed by atoms with Gasteiger partial charge in [0.2, 0.25) is 0 Å². The van der Waals surface area contributed by atoms with Crippen LogP contribution in [0.15, 0.2) is 35.1 Å². The maximum absolute atomic E-state index is 5.98. The Labute approximate surface area is 206 Å². The molecule has 1 aliphatic heterocycles. The second kappa shape index (κ2) is 10.7. The van der Waals surface area contributed by atoms with Gasteiger partial charge < -0.3 is 9.64 Å². The summed E-state index contributed by atoms with van der Waals surface area (Å²) in [4.78, 5) is 2.51. The van der Waals surface area contributed by atoms with Crippen molar-refractivity contribution in [2.24, 2.45) is 0 Å². The zero-order valence-corrected chi connectivity index (χ0v) is 22.9. The zero-order chi connectivity index (χ0) is 23.4. The van der Waals surface area contributed by atoms with Gasteiger partial charge in [0, 0.05) is 49.4 Å². The lowest BCUT2D eigenvalue weighted by Gasteiger charge is -2.31. The predicted octanol–water partition coefficient (Wildman–Crippen LogP) is 6.13. The van der Waals surface area contributed by atoms with Gasteiger partial charge in [0.1, 0.15) is 6.73 Å². The molecular formula is C25H36BrN5OSi. The van der Waals surface area contributed by atoms with Gasteiger partial charge in [-0.25, -0.2) is 4.68 Å². The molecule has 0 radical (unpaired) electrons. The number of hydrogen-bond donors (Lipinski definition) is 0. The number of halogens is 1. The van der Waals surface area contributed by atoms with Gasteiger partial charge in [0.05, 0.1) is 23.4 Å². The molecule has 178 valence electrons. The molecule has 0 aliphatic carbocycles. The standard InChI is InChI=1S/C25H36BrN5OSi/c1-5-29-12-10-22(11-13-29)30-18-20(17-27-30)6-8-24-23-16-21(26)7-9-25(23)31(28-24)19-32-14-15-33(2,3)4/h6-9,16-18,22H,5,10-15,19H2,1-4H3/b8-6+. The highest BCUT2D eigenvalue weighted by Crippen LogP contribution is 2.26. The minimum atomic E-state index is -1.10. The van der Waals surface area contributed by atoms with Crippen molar-refractivity contribution in [3.05, 3.63) is 46.3 Å². The summed E-state index contributed by atoms with van der Waals surface area (Å²) in [5, 5.41) is 10.6. The van der Waals surface area contributed by atoms with Gasteiger partial charge in [-0.15, -0.1) is 0 Å². The van der Waals surface area contributed by atoms with E-state index in [2.05, 4.69) is 93.7 Å². The van der Waals surface area contributed by atoms with Crippen LogP contribution in [0.25, 0.3) is 23.1 Å². The van der Waals surface area contributed by atoms with E-state index >= 15 is 0 Å². The number of piperidine rings is 1. The molecule has 6 nitrogen and oxygen atoms in total. The Morgan fingerprint density at radius 1 is 1.18 bits per heavy atom. The number of likely N-dealkylation sites (tertiary alicyclic amines) is 1. The maximum atomic E-state index is 5.98. The van der Waals surface area contributed by atoms with E-state index in [1.54, 1.807) is 0 Å². The number of nitrogens with zero attached hydrogens (tertiary/aromatic N) is 5. The minimum Gasteiger partial charge on any atom is -0.360 e. The summed E-state index contributed by atoms with van der Waals surface area (Å²) in [6, 6.07) is 7.95. The van der Waals surface area contributed by atoms with Crippen LogP contribution < -0.4 is 0 Å². The van der Waals surface area contributed by atoms with Gasteiger partial charge in [-0.1, -0.05) is 42.5 Å². The zero-order valence-electron chi connectivity index (χ0n) is 20.3. The van der Waals surface area contributed by atoms with Crippen molar-refractivity contribution >= 4 is 47.1 Å². The molecule has 1 fully saturated rings. The molecule has 1 saturated heterocycles. The van der Waals surface area contributed by atoms with Crippen LogP contribution in [0.4, 0.5) is 0 Å². The summed E-state index contributed by atoms with van der Waals surface area (Å²) < 4.78 is 11.1. The van der Waals surface area contributed by atoms with Crippen molar-refractivity contribution in [2.45, 2.75) is 58.2 Å². The maximum Gasteiger partial charge on any atom is 0.140 e. The smallest absolute Gasteiger partial charge is 0.140 e. The monoisotopic (exact) mass is 529 g/mol. The van der Waals surface area contributed by atoms with Crippen LogP contribution in [-0.4, -0.2) is 58.8 Å². The molecule has 8 heteroatoms. The van der Waals surface area contributed by atoms with E-state index in [9.17, 15) is 0 Å². The van der Waals surface area contributed by atoms with E-state index in [-0.39, 0.29) is 0 Å². The van der Waals surface area contributed by atoms with Crippen LogP contribution in [-0.2, 0) is 11.5 Å². The molecule has 0 bridgehead atoms. The topological polar surface area (TPSA) is 48.1 Å². The number of rotatable bonds is 9. The van der Waals surface area contributed by atoms with Gasteiger partial charge in [-0.05, 0) is 55.8 Å². The number of fused-ring (bicyclic) bond motifs is 1. The summed E-state index contributed by atoms with van der Waals surface area (Å²) in [6.45, 7) is 14.1. The van der Waals surface area contributed by atoms with Crippen LogP contribution in [0.1, 0.15) is 37.1 Å². The van der Waals surface area contributed by atoms with Crippen LogP contribution in [0.2, 0.25) is 25.7 Å². The summed E-state index contributed by atoms with van der Waals surface area (Å²) in [5.41, 5.74) is 3.14. The van der Waals surface area contributed by atoms with E-state index in [1.165, 1.54) is 12.8 Å². The van der Waals surface area contributed by atoms with E-state index in [1.807, 2.05) is 10.9 Å². The highest BCUT2D eigenvalue weighted by atomic mass is 79.9. The van der Waals surface area contributed by atoms with Crippen molar-refractivity contribution in [2.75, 3.05) is 26.2 Å². The quantitative estimate of drug-likeness (QED) is 0.247. The molecule has 2 aromatic heterocycles. The predicted molar refractivity (Wildman–Crippen MR) is 143 cm³/mol. The fraction of sp³-hybridized carbons (Fsp3) is 0.520. The second-order valence-corrected chi connectivity index (χ2v) is 16.7. The lowest BCUT2D eigenvalue weighted by molar-refractivity contribution is 0.0816. The molecule has 3 aromatic rings. The van der Waals surface area contributed by atoms with Crippen molar-refractivity contribution in [3.63, 3.8) is 0 Å². The summed E-state index contributed by atoms with van der Waals surface area (Å²) in [6.07, 6.45) is 10.7. The number of ether oxygens (including phenoxy) is 1. The molecule has 33 heavy (non-hydrogen) atoms. The Hall–Kier alpha value is -1.74. The van der Waals surface area contributed by atoms with Crippen molar-refractivity contribution in [1.82, 2.24) is 24.5 Å². The first-order valence-electron chi connectivity index (χ1n) is 12.0. The Morgan fingerprint density at radius 2 is 1.97 bits per heavy atom. The average Bonchev–Trinajstić information content (AvgIpc) is 3.39. The van der Waals surface area contributed by atoms with Crippen molar-refractivity contribution in [3.8, 4) is 0 Å². The number of hydrogen-bond acceptors (Lipinski definition) is 4. The van der Waals surface area contributed by atoms with Crippen molar-refractivity contribution < 1.29 is 4.74 Å². The molecule has 0 spiro atoms. The van der Waals surface area contributed by atoms with Crippen LogP contribution in [0.3, 0.4) is 0 Å². The van der Waals surface area contributed by atoms with E-state index in [0.717, 1.165) is 58.9 Å². The Bertz CT molecular complexity index is 1090. The third-order valence-electron chi connectivity index (χ3n) is 6.38. The molecule has 1 aromatic carbocycles. The van der Waals surface area contributed by atoms with Gasteiger partial charge in [-0.2, -0.15) is 10.2 Å². The fourth-order valence-electron chi connectivity index (χ4n) is 4.24. The molecule has 0 unspecified atom stereocenters. The number of benzene rings is 1. The lowest BCUT2D eigenvalue weighted by atomic mass is 10.1. The molecular weight excluding hydrogens is 494 g/mol. The molecule has 0 saturated carbocycles. The third kappa shape index (κ3) is 6.44. The van der Waals surface area contributed by atoms with Crippen LogP contribution >= 0.6 is 15.9 Å². The van der Waals surface area contributed by atoms with Crippen LogP contribution in [0.5, 0.6) is 0 Å². The van der Waals surface area contributed by atoms with Gasteiger partial charge in [-0.3, -0.25) is 4.68 Å². The largest absolute Gasteiger partial charge is 0.360 e. The van der Waals surface area contributed by atoms with Gasteiger partial charge >= 0.3 is 0 Å². The Kier molecular flexibility index (Phi) is 7.89. The molecule has 4 rings (SSSR count). The molecule has 1 aliphatic rings. The Balaban J connectivity index is 1.47. The SMILES string of the molecule is CCN1CCC(n2cc(/C=C/c3nn(COCC[Si](C)(C)C)c4ccc(Br)cc34)cn2)CC1. The molecule has 0 N–H and O–H groups in total. The number of aromatic nitrogens is 4. The fourth-order valence-corrected chi connectivity index (χ4v) is 5.36. The van der Waals surface area contributed by atoms with E-state index in [0.29, 0.717) is 12.8 Å². The van der Waals surface area contributed by atoms with Crippen molar-refractivity contribution in [1.29, 1.82) is 0 Å². The minimum absolute atomic E-state index is 0.477. The summed E-state index contributed by atoms with van der Waals surface area (Å²) in [5.74, 6) is 0. The third-order valence-corrected chi connectivity index (χ3v) is 8.58. The van der Waals surface area contributed by atoms with E-state index in [4.69, 9.17) is 9.84 Å². The molecule has 0 amide bonds. The normalized spacial score (nSPS) is 16.4. The Morgan fingerprint density at radius 3 is 2.70 bits per heavy atom. The molecule has 3 heterocycles. The van der Waals surface area contributed by atoms with E-state index < -0.39 is 8.07 Å². The van der Waals surface area contributed by atoms with Crippen LogP contribution in [0, 0.1) is 0 Å². The first-order valence-corrected chi connectivity index (χ1v) is 16.5. The first kappa shape index (κ1) is 24.4. The summed E-state index contributed by atoms with van der Waals surface area (Å²) in [7, 11) is -1.10. The summed E-state index contributed by atoms with van der Waals surface area (Å²) >= 11 is 3.61. The van der Waals surface area contributed by atoms with Gasteiger partial charge in [0.25, 0.3) is 0 Å². The highest BCUT2D eigenvalue weighted by Gasteiger charge is 2.20. The second-order valence-electron chi connectivity index (χ2n) is 10.1. The highest BCUT2D eigenvalue weighted by molar-refractivity contribution is 9.10. The first-order chi connectivity index (χ1) is 15.8. The lowest BCUT2D eigenvalue weighted by Crippen LogP contribution is -2.34. The average molecular weight is 531 g/mol. The molecule has 0 atom stereocenters.